The number of benzene rings is 1. The van der Waals surface area contributed by atoms with Crippen molar-refractivity contribution >= 4 is 39.7 Å². The van der Waals surface area contributed by atoms with Crippen molar-refractivity contribution in [3.05, 3.63) is 59.4 Å². The van der Waals surface area contributed by atoms with Crippen LogP contribution in [-0.2, 0) is 16.1 Å². The smallest absolute Gasteiger partial charge is 0.274 e. The standard InChI is InChI=1S/C26H31N5O3S/c1-18(32)27-20-6-8-21(9-7-20)31-13-3-4-23(31)22-17-35-26(28-22)29-25(33)24-5-2-12-30(24)16-19-10-14-34-15-11-19/h2,5-9,12,17,19,23H,3-4,10-11,13-16H2,1H3,(H,27,32)(H,28,29,33)/t23-/m1/s1. The van der Waals surface area contributed by atoms with Gasteiger partial charge >= 0.3 is 0 Å². The zero-order valence-corrected chi connectivity index (χ0v) is 20.7. The van der Waals surface area contributed by atoms with Crippen LogP contribution in [0, 0.1) is 5.92 Å². The first-order valence-electron chi connectivity index (χ1n) is 12.2. The van der Waals surface area contributed by atoms with Gasteiger partial charge in [0.15, 0.2) is 5.13 Å². The van der Waals surface area contributed by atoms with E-state index < -0.39 is 0 Å². The quantitative estimate of drug-likeness (QED) is 0.488. The Hall–Kier alpha value is -3.17. The summed E-state index contributed by atoms with van der Waals surface area (Å²) in [5.74, 6) is 0.333. The molecule has 0 saturated carbocycles. The van der Waals surface area contributed by atoms with Crippen molar-refractivity contribution in [2.75, 3.05) is 35.3 Å². The van der Waals surface area contributed by atoms with E-state index in [4.69, 9.17) is 9.72 Å². The van der Waals surface area contributed by atoms with E-state index in [9.17, 15) is 9.59 Å². The number of rotatable bonds is 7. The molecule has 1 aromatic carbocycles. The minimum atomic E-state index is -0.125. The lowest BCUT2D eigenvalue weighted by atomic mass is 10.0. The maximum absolute atomic E-state index is 13.0. The molecular formula is C26H31N5O3S. The third kappa shape index (κ3) is 5.57. The van der Waals surface area contributed by atoms with Crippen molar-refractivity contribution in [2.24, 2.45) is 5.92 Å². The van der Waals surface area contributed by atoms with Crippen LogP contribution in [0.4, 0.5) is 16.5 Å². The summed E-state index contributed by atoms with van der Waals surface area (Å²) in [4.78, 5) is 31.4. The molecule has 1 atom stereocenters. The van der Waals surface area contributed by atoms with Crippen LogP contribution in [0.3, 0.4) is 0 Å². The van der Waals surface area contributed by atoms with Crippen molar-refractivity contribution < 1.29 is 14.3 Å². The van der Waals surface area contributed by atoms with Gasteiger partial charge in [0.05, 0.1) is 11.7 Å². The van der Waals surface area contributed by atoms with Crippen LogP contribution in [-0.4, -0.2) is 41.1 Å². The predicted octanol–water partition coefficient (Wildman–Crippen LogP) is 4.92. The summed E-state index contributed by atoms with van der Waals surface area (Å²) in [5, 5.41) is 8.49. The number of thiazole rings is 1. The minimum Gasteiger partial charge on any atom is -0.381 e. The number of carbonyl (C=O) groups excluding carboxylic acids is 2. The van der Waals surface area contributed by atoms with E-state index in [1.165, 1.54) is 18.3 Å². The fraction of sp³-hybridized carbons (Fsp3) is 0.423. The Bertz CT molecular complexity index is 1170. The van der Waals surface area contributed by atoms with Crippen LogP contribution < -0.4 is 15.5 Å². The lowest BCUT2D eigenvalue weighted by Gasteiger charge is -2.25. The predicted molar refractivity (Wildman–Crippen MR) is 138 cm³/mol. The van der Waals surface area contributed by atoms with E-state index >= 15 is 0 Å². The van der Waals surface area contributed by atoms with Crippen molar-refractivity contribution in [3.8, 4) is 0 Å². The van der Waals surface area contributed by atoms with Gasteiger partial charge in [-0.15, -0.1) is 11.3 Å². The molecule has 2 aliphatic rings. The molecule has 2 saturated heterocycles. The highest BCUT2D eigenvalue weighted by Gasteiger charge is 2.28. The number of amides is 2. The topological polar surface area (TPSA) is 88.5 Å². The first-order valence-corrected chi connectivity index (χ1v) is 13.1. The van der Waals surface area contributed by atoms with E-state index in [-0.39, 0.29) is 17.9 Å². The zero-order valence-electron chi connectivity index (χ0n) is 19.9. The zero-order chi connectivity index (χ0) is 24.2. The number of aromatic nitrogens is 2. The molecular weight excluding hydrogens is 462 g/mol. The van der Waals surface area contributed by atoms with Crippen LogP contribution in [0.1, 0.15) is 54.8 Å². The largest absolute Gasteiger partial charge is 0.381 e. The van der Waals surface area contributed by atoms with Gasteiger partial charge in [0.25, 0.3) is 5.91 Å². The fourth-order valence-electron chi connectivity index (χ4n) is 4.97. The summed E-state index contributed by atoms with van der Waals surface area (Å²) in [5.41, 5.74) is 3.53. The van der Waals surface area contributed by atoms with E-state index in [1.54, 1.807) is 0 Å². The highest BCUT2D eigenvalue weighted by atomic mass is 32.1. The van der Waals surface area contributed by atoms with Gasteiger partial charge in [0.2, 0.25) is 5.91 Å². The molecule has 35 heavy (non-hydrogen) atoms. The molecule has 0 unspecified atom stereocenters. The van der Waals surface area contributed by atoms with Crippen LogP contribution >= 0.6 is 11.3 Å². The maximum atomic E-state index is 13.0. The van der Waals surface area contributed by atoms with Gasteiger partial charge in [0, 0.05) is 56.2 Å². The van der Waals surface area contributed by atoms with Gasteiger partial charge in [-0.25, -0.2) is 4.98 Å². The molecule has 9 heteroatoms. The summed E-state index contributed by atoms with van der Waals surface area (Å²) in [7, 11) is 0. The van der Waals surface area contributed by atoms with Gasteiger partial charge in [-0.1, -0.05) is 0 Å². The Morgan fingerprint density at radius 1 is 1.11 bits per heavy atom. The number of hydrogen-bond donors (Lipinski definition) is 2. The van der Waals surface area contributed by atoms with Gasteiger partial charge in [0.1, 0.15) is 5.69 Å². The fourth-order valence-corrected chi connectivity index (χ4v) is 5.72. The molecule has 2 amide bonds. The molecule has 4 heterocycles. The molecule has 2 N–H and O–H groups in total. The van der Waals surface area contributed by atoms with Gasteiger partial charge < -0.3 is 19.5 Å². The molecule has 2 fully saturated rings. The van der Waals surface area contributed by atoms with Gasteiger partial charge in [-0.2, -0.15) is 0 Å². The highest BCUT2D eigenvalue weighted by Crippen LogP contribution is 2.37. The third-order valence-electron chi connectivity index (χ3n) is 6.71. The van der Waals surface area contributed by atoms with Gasteiger partial charge in [-0.05, 0) is 68.0 Å². The lowest BCUT2D eigenvalue weighted by Crippen LogP contribution is -2.24. The Kier molecular flexibility index (Phi) is 7.15. The summed E-state index contributed by atoms with van der Waals surface area (Å²) >= 11 is 1.47. The Morgan fingerprint density at radius 2 is 1.91 bits per heavy atom. The summed E-state index contributed by atoms with van der Waals surface area (Å²) < 4.78 is 7.51. The van der Waals surface area contributed by atoms with Crippen molar-refractivity contribution in [2.45, 2.75) is 45.2 Å². The summed E-state index contributed by atoms with van der Waals surface area (Å²) in [6, 6.07) is 11.9. The molecule has 2 aliphatic heterocycles. The number of nitrogens with zero attached hydrogens (tertiary/aromatic N) is 3. The van der Waals surface area contributed by atoms with E-state index in [0.717, 1.165) is 69.1 Å². The Morgan fingerprint density at radius 3 is 2.69 bits per heavy atom. The average Bonchev–Trinajstić information content (AvgIpc) is 3.61. The number of anilines is 3. The summed E-state index contributed by atoms with van der Waals surface area (Å²) in [6.45, 7) is 4.88. The molecule has 0 bridgehead atoms. The molecule has 184 valence electrons. The van der Waals surface area contributed by atoms with E-state index in [0.29, 0.717) is 16.7 Å². The van der Waals surface area contributed by atoms with E-state index in [1.807, 2.05) is 52.5 Å². The lowest BCUT2D eigenvalue weighted by molar-refractivity contribution is -0.114. The normalized spacial score (nSPS) is 18.5. The van der Waals surface area contributed by atoms with E-state index in [2.05, 4.69) is 15.5 Å². The van der Waals surface area contributed by atoms with Crippen molar-refractivity contribution in [3.63, 3.8) is 0 Å². The van der Waals surface area contributed by atoms with Crippen LogP contribution in [0.25, 0.3) is 0 Å². The molecule has 8 nitrogen and oxygen atoms in total. The maximum Gasteiger partial charge on any atom is 0.274 e. The molecule has 2 aromatic heterocycles. The highest BCUT2D eigenvalue weighted by molar-refractivity contribution is 7.14. The van der Waals surface area contributed by atoms with Crippen LogP contribution in [0.15, 0.2) is 48.0 Å². The van der Waals surface area contributed by atoms with Gasteiger partial charge in [-0.3, -0.25) is 14.9 Å². The van der Waals surface area contributed by atoms with Crippen molar-refractivity contribution in [1.29, 1.82) is 0 Å². The second kappa shape index (κ2) is 10.6. The molecule has 0 radical (unpaired) electrons. The number of ether oxygens (including phenoxy) is 1. The van der Waals surface area contributed by atoms with Crippen LogP contribution in [0.2, 0.25) is 0 Å². The molecule has 3 aromatic rings. The average molecular weight is 494 g/mol. The molecule has 5 rings (SSSR count). The first kappa shape index (κ1) is 23.6. The molecule has 0 spiro atoms. The first-order chi connectivity index (χ1) is 17.1. The number of nitrogens with one attached hydrogen (secondary N) is 2. The monoisotopic (exact) mass is 493 g/mol. The second-order valence-corrected chi connectivity index (χ2v) is 10.1. The Labute approximate surface area is 209 Å². The number of carbonyl (C=O) groups is 2. The van der Waals surface area contributed by atoms with Crippen molar-refractivity contribution in [1.82, 2.24) is 9.55 Å². The SMILES string of the molecule is CC(=O)Nc1ccc(N2CCC[C@@H]2c2csc(NC(=O)c3cccn3CC3CCOCC3)n2)cc1. The van der Waals surface area contributed by atoms with Crippen LogP contribution in [0.5, 0.6) is 0 Å². The minimum absolute atomic E-state index is 0.0790. The third-order valence-corrected chi connectivity index (χ3v) is 7.49. The molecule has 0 aliphatic carbocycles. The number of hydrogen-bond acceptors (Lipinski definition) is 6. The second-order valence-electron chi connectivity index (χ2n) is 9.21. The summed E-state index contributed by atoms with van der Waals surface area (Å²) in [6.07, 6.45) is 6.13. The Balaban J connectivity index is 1.24.